The van der Waals surface area contributed by atoms with Gasteiger partial charge in [0, 0.05) is 32.2 Å². The first-order chi connectivity index (χ1) is 9.50. The van der Waals surface area contributed by atoms with Crippen LogP contribution in [-0.4, -0.2) is 57.0 Å². The van der Waals surface area contributed by atoms with Gasteiger partial charge in [-0.2, -0.15) is 0 Å². The van der Waals surface area contributed by atoms with Gasteiger partial charge in [-0.1, -0.05) is 11.8 Å². The summed E-state index contributed by atoms with van der Waals surface area (Å²) in [7, 11) is 0. The van der Waals surface area contributed by atoms with Crippen LogP contribution < -0.4 is 11.0 Å². The SMILES string of the molecule is CC(Sc1n[nH]c(=O)n1C(C)C)C(=O)N1CCNCC1. The van der Waals surface area contributed by atoms with Crippen molar-refractivity contribution in [2.75, 3.05) is 26.2 Å². The van der Waals surface area contributed by atoms with E-state index < -0.39 is 0 Å². The van der Waals surface area contributed by atoms with Gasteiger partial charge in [0.1, 0.15) is 0 Å². The van der Waals surface area contributed by atoms with E-state index in [4.69, 9.17) is 0 Å². The number of carbonyl (C=O) groups is 1. The van der Waals surface area contributed by atoms with Gasteiger partial charge in [-0.15, -0.1) is 5.10 Å². The van der Waals surface area contributed by atoms with Crippen molar-refractivity contribution >= 4 is 17.7 Å². The minimum Gasteiger partial charge on any atom is -0.339 e. The molecule has 7 nitrogen and oxygen atoms in total. The van der Waals surface area contributed by atoms with Crippen LogP contribution in [0.3, 0.4) is 0 Å². The van der Waals surface area contributed by atoms with Crippen LogP contribution in [0.25, 0.3) is 0 Å². The third-order valence-electron chi connectivity index (χ3n) is 3.25. The van der Waals surface area contributed by atoms with Crippen LogP contribution in [0.2, 0.25) is 0 Å². The van der Waals surface area contributed by atoms with Crippen molar-refractivity contribution in [3.05, 3.63) is 10.5 Å². The molecule has 2 N–H and O–H groups in total. The number of carbonyl (C=O) groups excluding carboxylic acids is 1. The van der Waals surface area contributed by atoms with Crippen molar-refractivity contribution in [1.82, 2.24) is 25.0 Å². The molecule has 112 valence electrons. The lowest BCUT2D eigenvalue weighted by Gasteiger charge is -2.29. The zero-order valence-corrected chi connectivity index (χ0v) is 12.9. The topological polar surface area (TPSA) is 83.0 Å². The largest absolute Gasteiger partial charge is 0.344 e. The van der Waals surface area contributed by atoms with Gasteiger partial charge >= 0.3 is 5.69 Å². The highest BCUT2D eigenvalue weighted by Crippen LogP contribution is 2.23. The Bertz CT molecular complexity index is 518. The number of aromatic nitrogens is 3. The number of aromatic amines is 1. The number of thioether (sulfide) groups is 1. The number of hydrogen-bond acceptors (Lipinski definition) is 5. The molecule has 0 saturated carbocycles. The van der Waals surface area contributed by atoms with Crippen molar-refractivity contribution in [2.45, 2.75) is 37.2 Å². The molecule has 1 unspecified atom stereocenters. The van der Waals surface area contributed by atoms with E-state index in [1.807, 2.05) is 25.7 Å². The molecular weight excluding hydrogens is 278 g/mol. The molecule has 1 aliphatic rings. The number of rotatable bonds is 4. The number of nitrogens with one attached hydrogen (secondary N) is 2. The molecule has 2 rings (SSSR count). The fraction of sp³-hybridized carbons (Fsp3) is 0.750. The molecule has 1 aromatic heterocycles. The maximum absolute atomic E-state index is 12.3. The van der Waals surface area contributed by atoms with Gasteiger partial charge in [0.2, 0.25) is 5.91 Å². The van der Waals surface area contributed by atoms with E-state index in [9.17, 15) is 9.59 Å². The first-order valence-corrected chi connectivity index (χ1v) is 7.71. The fourth-order valence-electron chi connectivity index (χ4n) is 2.18. The monoisotopic (exact) mass is 299 g/mol. The highest BCUT2D eigenvalue weighted by atomic mass is 32.2. The fourth-order valence-corrected chi connectivity index (χ4v) is 3.25. The van der Waals surface area contributed by atoms with E-state index in [-0.39, 0.29) is 22.9 Å². The lowest BCUT2D eigenvalue weighted by Crippen LogP contribution is -2.48. The summed E-state index contributed by atoms with van der Waals surface area (Å²) in [6.07, 6.45) is 0. The quantitative estimate of drug-likeness (QED) is 0.769. The summed E-state index contributed by atoms with van der Waals surface area (Å²) in [5.41, 5.74) is -0.232. The predicted octanol–water partition coefficient (Wildman–Crippen LogP) is 0.0647. The minimum absolute atomic E-state index is 0.0187. The maximum Gasteiger partial charge on any atom is 0.344 e. The molecule has 20 heavy (non-hydrogen) atoms. The standard InChI is InChI=1S/C12H21N5O2S/c1-8(2)17-11(19)14-15-12(17)20-9(3)10(18)16-6-4-13-5-7-16/h8-9,13H,4-7H2,1-3H3,(H,14,19). The number of piperazine rings is 1. The highest BCUT2D eigenvalue weighted by molar-refractivity contribution is 8.00. The molecule has 0 aromatic carbocycles. The van der Waals surface area contributed by atoms with Gasteiger partial charge in [-0.25, -0.2) is 9.89 Å². The van der Waals surface area contributed by atoms with Crippen LogP contribution in [0.5, 0.6) is 0 Å². The van der Waals surface area contributed by atoms with E-state index in [0.717, 1.165) is 26.2 Å². The van der Waals surface area contributed by atoms with Crippen LogP contribution in [0.1, 0.15) is 26.8 Å². The summed E-state index contributed by atoms with van der Waals surface area (Å²) < 4.78 is 1.58. The zero-order valence-electron chi connectivity index (χ0n) is 12.0. The molecule has 1 fully saturated rings. The van der Waals surface area contributed by atoms with Gasteiger partial charge in [-0.3, -0.25) is 9.36 Å². The zero-order chi connectivity index (χ0) is 14.7. The molecular formula is C12H21N5O2S. The maximum atomic E-state index is 12.3. The average Bonchev–Trinajstić information content (AvgIpc) is 2.79. The van der Waals surface area contributed by atoms with E-state index in [1.165, 1.54) is 11.8 Å². The molecule has 1 atom stereocenters. The Hall–Kier alpha value is -1.28. The highest BCUT2D eigenvalue weighted by Gasteiger charge is 2.25. The normalized spacial score (nSPS) is 17.5. The lowest BCUT2D eigenvalue weighted by atomic mass is 10.3. The van der Waals surface area contributed by atoms with Crippen molar-refractivity contribution < 1.29 is 4.79 Å². The number of amides is 1. The molecule has 0 radical (unpaired) electrons. The van der Waals surface area contributed by atoms with Crippen LogP contribution in [0.4, 0.5) is 0 Å². The van der Waals surface area contributed by atoms with Crippen molar-refractivity contribution in [3.63, 3.8) is 0 Å². The van der Waals surface area contributed by atoms with E-state index in [0.29, 0.717) is 5.16 Å². The van der Waals surface area contributed by atoms with Crippen LogP contribution in [0.15, 0.2) is 9.95 Å². The predicted molar refractivity (Wildman–Crippen MR) is 78.0 cm³/mol. The number of H-pyrrole nitrogens is 1. The van der Waals surface area contributed by atoms with Crippen LogP contribution in [0, 0.1) is 0 Å². The number of hydrogen-bond donors (Lipinski definition) is 2. The Labute approximate surface area is 122 Å². The molecule has 1 amide bonds. The Balaban J connectivity index is 2.05. The van der Waals surface area contributed by atoms with Crippen molar-refractivity contribution in [1.29, 1.82) is 0 Å². The smallest absolute Gasteiger partial charge is 0.339 e. The Morgan fingerprint density at radius 3 is 2.55 bits per heavy atom. The molecule has 2 heterocycles. The molecule has 1 saturated heterocycles. The van der Waals surface area contributed by atoms with Crippen molar-refractivity contribution in [3.8, 4) is 0 Å². The van der Waals surface area contributed by atoms with Gasteiger partial charge in [0.25, 0.3) is 0 Å². The van der Waals surface area contributed by atoms with Gasteiger partial charge in [0.15, 0.2) is 5.16 Å². The van der Waals surface area contributed by atoms with E-state index in [1.54, 1.807) is 4.57 Å². The summed E-state index contributed by atoms with van der Waals surface area (Å²) in [6, 6.07) is 0.0187. The molecule has 1 aromatic rings. The second-order valence-corrected chi connectivity index (χ2v) is 6.42. The second kappa shape index (κ2) is 6.45. The van der Waals surface area contributed by atoms with Gasteiger partial charge < -0.3 is 10.2 Å². The summed E-state index contributed by atoms with van der Waals surface area (Å²) in [5, 5.41) is 10.00. The summed E-state index contributed by atoms with van der Waals surface area (Å²) in [4.78, 5) is 25.9. The Morgan fingerprint density at radius 1 is 1.30 bits per heavy atom. The number of nitrogens with zero attached hydrogens (tertiary/aromatic N) is 3. The third kappa shape index (κ3) is 3.24. The van der Waals surface area contributed by atoms with E-state index in [2.05, 4.69) is 15.5 Å². The first-order valence-electron chi connectivity index (χ1n) is 6.83. The Morgan fingerprint density at radius 2 is 1.95 bits per heavy atom. The van der Waals surface area contributed by atoms with E-state index >= 15 is 0 Å². The molecule has 0 aliphatic carbocycles. The minimum atomic E-state index is -0.249. The average molecular weight is 299 g/mol. The van der Waals surface area contributed by atoms with Gasteiger partial charge in [-0.05, 0) is 20.8 Å². The van der Waals surface area contributed by atoms with Gasteiger partial charge in [0.05, 0.1) is 5.25 Å². The van der Waals surface area contributed by atoms with Crippen molar-refractivity contribution in [2.24, 2.45) is 0 Å². The molecule has 1 aliphatic heterocycles. The Kier molecular flexibility index (Phi) is 4.87. The lowest BCUT2D eigenvalue weighted by molar-refractivity contribution is -0.130. The summed E-state index contributed by atoms with van der Waals surface area (Å²) in [5.74, 6) is 0.0993. The van der Waals surface area contributed by atoms with Crippen LogP contribution >= 0.6 is 11.8 Å². The third-order valence-corrected chi connectivity index (χ3v) is 4.30. The first kappa shape index (κ1) is 15.1. The molecule has 0 spiro atoms. The molecule has 8 heteroatoms. The summed E-state index contributed by atoms with van der Waals surface area (Å²) >= 11 is 1.33. The van der Waals surface area contributed by atoms with Crippen LogP contribution in [-0.2, 0) is 4.79 Å². The summed E-state index contributed by atoms with van der Waals surface area (Å²) in [6.45, 7) is 8.85. The molecule has 0 bridgehead atoms. The second-order valence-electron chi connectivity index (χ2n) is 5.11.